The van der Waals surface area contributed by atoms with Crippen molar-refractivity contribution in [2.75, 3.05) is 6.54 Å². The molecule has 1 N–H and O–H groups in total. The van der Waals surface area contributed by atoms with E-state index in [0.717, 1.165) is 35.0 Å². The number of rotatable bonds is 7. The fraction of sp³-hybridized carbons (Fsp3) is 0.625. The molecule has 0 spiro atoms. The fourth-order valence-corrected chi connectivity index (χ4v) is 2.95. The lowest BCUT2D eigenvalue weighted by Gasteiger charge is -2.31. The number of halogens is 2. The molecule has 0 fully saturated rings. The van der Waals surface area contributed by atoms with Gasteiger partial charge in [0.25, 0.3) is 0 Å². The maximum absolute atomic E-state index is 6.29. The molecule has 3 heteroatoms. The van der Waals surface area contributed by atoms with Crippen LogP contribution in [0.2, 0.25) is 10.0 Å². The van der Waals surface area contributed by atoms with Crippen LogP contribution >= 0.6 is 23.2 Å². The Hall–Kier alpha value is -0.240. The normalized spacial score (nSPS) is 14.7. The Morgan fingerprint density at radius 3 is 2.26 bits per heavy atom. The van der Waals surface area contributed by atoms with Crippen LogP contribution in [0.15, 0.2) is 18.2 Å². The van der Waals surface area contributed by atoms with Gasteiger partial charge in [-0.3, -0.25) is 0 Å². The predicted octanol–water partition coefficient (Wildman–Crippen LogP) is 5.34. The van der Waals surface area contributed by atoms with Crippen LogP contribution in [-0.4, -0.2) is 12.6 Å². The van der Waals surface area contributed by atoms with Gasteiger partial charge in [-0.25, -0.2) is 0 Å². The molecule has 0 radical (unpaired) electrons. The van der Waals surface area contributed by atoms with E-state index in [-0.39, 0.29) is 5.41 Å². The van der Waals surface area contributed by atoms with Crippen molar-refractivity contribution in [1.82, 2.24) is 5.32 Å². The Balaban J connectivity index is 2.88. The van der Waals surface area contributed by atoms with Crippen LogP contribution in [0.3, 0.4) is 0 Å². The molecule has 0 aromatic heterocycles. The molecule has 1 aromatic carbocycles. The predicted molar refractivity (Wildman–Crippen MR) is 86.3 cm³/mol. The van der Waals surface area contributed by atoms with E-state index in [4.69, 9.17) is 23.2 Å². The van der Waals surface area contributed by atoms with Crippen LogP contribution in [-0.2, 0) is 6.42 Å². The van der Waals surface area contributed by atoms with E-state index in [2.05, 4.69) is 33.0 Å². The Morgan fingerprint density at radius 2 is 1.79 bits per heavy atom. The summed E-state index contributed by atoms with van der Waals surface area (Å²) < 4.78 is 0. The molecule has 1 unspecified atom stereocenters. The van der Waals surface area contributed by atoms with Gasteiger partial charge in [0.05, 0.1) is 0 Å². The van der Waals surface area contributed by atoms with Crippen LogP contribution in [0.5, 0.6) is 0 Å². The van der Waals surface area contributed by atoms with Crippen LogP contribution in [0, 0.1) is 5.41 Å². The standard InChI is InChI=1S/C16H25Cl2N/c1-5-9-16(4,11-19-12(2)3)10-13-14(17)7-6-8-15(13)18/h6-8,12,19H,5,9-11H2,1-4H3. The van der Waals surface area contributed by atoms with Gasteiger partial charge in [-0.05, 0) is 36.0 Å². The summed E-state index contributed by atoms with van der Waals surface area (Å²) in [5.74, 6) is 0. The van der Waals surface area contributed by atoms with Crippen molar-refractivity contribution in [3.8, 4) is 0 Å². The third-order valence-corrected chi connectivity index (χ3v) is 4.16. The Labute approximate surface area is 127 Å². The van der Waals surface area contributed by atoms with Crippen molar-refractivity contribution in [1.29, 1.82) is 0 Å². The van der Waals surface area contributed by atoms with E-state index in [9.17, 15) is 0 Å². The Morgan fingerprint density at radius 1 is 1.21 bits per heavy atom. The lowest BCUT2D eigenvalue weighted by molar-refractivity contribution is 0.267. The van der Waals surface area contributed by atoms with Gasteiger partial charge in [0.2, 0.25) is 0 Å². The second kappa shape index (κ2) is 7.52. The molecule has 1 nitrogen and oxygen atoms in total. The smallest absolute Gasteiger partial charge is 0.0453 e. The molecule has 19 heavy (non-hydrogen) atoms. The number of benzene rings is 1. The molecule has 0 aliphatic heterocycles. The quantitative estimate of drug-likeness (QED) is 0.717. The zero-order valence-electron chi connectivity index (χ0n) is 12.4. The molecule has 0 bridgehead atoms. The highest BCUT2D eigenvalue weighted by Crippen LogP contribution is 2.34. The van der Waals surface area contributed by atoms with Gasteiger partial charge in [-0.2, -0.15) is 0 Å². The lowest BCUT2D eigenvalue weighted by Crippen LogP contribution is -2.37. The van der Waals surface area contributed by atoms with Crippen LogP contribution in [0.25, 0.3) is 0 Å². The summed E-state index contributed by atoms with van der Waals surface area (Å²) in [5, 5.41) is 5.10. The third-order valence-electron chi connectivity index (χ3n) is 3.46. The summed E-state index contributed by atoms with van der Waals surface area (Å²) in [5.41, 5.74) is 1.26. The Kier molecular flexibility index (Phi) is 6.65. The fourth-order valence-electron chi connectivity index (χ4n) is 2.42. The average molecular weight is 302 g/mol. The van der Waals surface area contributed by atoms with Crippen molar-refractivity contribution >= 4 is 23.2 Å². The summed E-state index contributed by atoms with van der Waals surface area (Å²) in [7, 11) is 0. The van der Waals surface area contributed by atoms with E-state index >= 15 is 0 Å². The zero-order valence-corrected chi connectivity index (χ0v) is 13.9. The second-order valence-electron chi connectivity index (χ2n) is 5.97. The summed E-state index contributed by atoms with van der Waals surface area (Å²) >= 11 is 12.6. The largest absolute Gasteiger partial charge is 0.314 e. The molecule has 0 aliphatic carbocycles. The van der Waals surface area contributed by atoms with Gasteiger partial charge in [-0.15, -0.1) is 0 Å². The SMILES string of the molecule is CCCC(C)(CNC(C)C)Cc1c(Cl)cccc1Cl. The molecule has 0 saturated heterocycles. The van der Waals surface area contributed by atoms with Gasteiger partial charge < -0.3 is 5.32 Å². The Bertz CT molecular complexity index is 383. The van der Waals surface area contributed by atoms with Crippen molar-refractivity contribution in [2.45, 2.75) is 53.0 Å². The molecule has 1 atom stereocenters. The van der Waals surface area contributed by atoms with Crippen molar-refractivity contribution in [3.05, 3.63) is 33.8 Å². The van der Waals surface area contributed by atoms with E-state index in [1.54, 1.807) is 0 Å². The summed E-state index contributed by atoms with van der Waals surface area (Å²) in [4.78, 5) is 0. The minimum Gasteiger partial charge on any atom is -0.314 e. The van der Waals surface area contributed by atoms with E-state index in [1.807, 2.05) is 18.2 Å². The molecule has 0 aliphatic rings. The maximum Gasteiger partial charge on any atom is 0.0453 e. The summed E-state index contributed by atoms with van der Waals surface area (Å²) in [6.07, 6.45) is 3.24. The molecule has 0 heterocycles. The van der Waals surface area contributed by atoms with Gasteiger partial charge in [-0.1, -0.05) is 63.4 Å². The molecule has 0 saturated carbocycles. The topological polar surface area (TPSA) is 12.0 Å². The van der Waals surface area contributed by atoms with Crippen molar-refractivity contribution in [3.63, 3.8) is 0 Å². The van der Waals surface area contributed by atoms with Gasteiger partial charge in [0.15, 0.2) is 0 Å². The average Bonchev–Trinajstić information content (AvgIpc) is 2.32. The van der Waals surface area contributed by atoms with Gasteiger partial charge in [0.1, 0.15) is 0 Å². The molecular weight excluding hydrogens is 277 g/mol. The first-order valence-electron chi connectivity index (χ1n) is 7.04. The third kappa shape index (κ3) is 5.33. The second-order valence-corrected chi connectivity index (χ2v) is 6.79. The van der Waals surface area contributed by atoms with E-state index < -0.39 is 0 Å². The van der Waals surface area contributed by atoms with Crippen molar-refractivity contribution in [2.24, 2.45) is 5.41 Å². The molecule has 1 rings (SSSR count). The zero-order chi connectivity index (χ0) is 14.5. The van der Waals surface area contributed by atoms with Gasteiger partial charge >= 0.3 is 0 Å². The number of nitrogens with one attached hydrogen (secondary N) is 1. The van der Waals surface area contributed by atoms with Gasteiger partial charge in [0, 0.05) is 22.6 Å². The molecular formula is C16H25Cl2N. The first-order valence-corrected chi connectivity index (χ1v) is 7.80. The molecule has 1 aromatic rings. The van der Waals surface area contributed by atoms with E-state index in [1.165, 1.54) is 6.42 Å². The minimum atomic E-state index is 0.188. The first kappa shape index (κ1) is 16.8. The maximum atomic E-state index is 6.29. The van der Waals surface area contributed by atoms with Crippen LogP contribution < -0.4 is 5.32 Å². The number of hydrogen-bond donors (Lipinski definition) is 1. The lowest BCUT2D eigenvalue weighted by atomic mass is 9.79. The monoisotopic (exact) mass is 301 g/mol. The van der Waals surface area contributed by atoms with E-state index in [0.29, 0.717) is 6.04 Å². The highest BCUT2D eigenvalue weighted by atomic mass is 35.5. The van der Waals surface area contributed by atoms with Crippen molar-refractivity contribution < 1.29 is 0 Å². The van der Waals surface area contributed by atoms with Crippen LogP contribution in [0.1, 0.15) is 46.1 Å². The summed E-state index contributed by atoms with van der Waals surface area (Å²) in [6.45, 7) is 9.87. The summed E-state index contributed by atoms with van der Waals surface area (Å²) in [6, 6.07) is 6.24. The highest BCUT2D eigenvalue weighted by Gasteiger charge is 2.26. The molecule has 0 amide bonds. The first-order chi connectivity index (χ1) is 8.88. The van der Waals surface area contributed by atoms with Crippen LogP contribution in [0.4, 0.5) is 0 Å². The molecule has 108 valence electrons. The highest BCUT2D eigenvalue weighted by molar-refractivity contribution is 6.36. The number of hydrogen-bond acceptors (Lipinski definition) is 1. The minimum absolute atomic E-state index is 0.188.